The van der Waals surface area contributed by atoms with Crippen LogP contribution < -0.4 is 5.73 Å². The highest BCUT2D eigenvalue weighted by molar-refractivity contribution is 5.18. The van der Waals surface area contributed by atoms with Crippen LogP contribution in [0.25, 0.3) is 0 Å². The van der Waals surface area contributed by atoms with Crippen LogP contribution in [-0.2, 0) is 4.74 Å². The van der Waals surface area contributed by atoms with E-state index in [1.807, 2.05) is 6.07 Å². The van der Waals surface area contributed by atoms with Gasteiger partial charge in [-0.05, 0) is 44.7 Å². The molecule has 1 fully saturated rings. The molecule has 3 heteroatoms. The van der Waals surface area contributed by atoms with Crippen LogP contribution in [0, 0.1) is 0 Å². The fraction of sp³-hybridized carbons (Fsp3) is 0.647. The number of nitrogens with two attached hydrogens (primary N) is 1. The number of likely N-dealkylation sites (tertiary alicyclic amines) is 1. The van der Waals surface area contributed by atoms with E-state index in [2.05, 4.69) is 36.1 Å². The predicted octanol–water partition coefficient (Wildman–Crippen LogP) is 2.97. The summed E-state index contributed by atoms with van der Waals surface area (Å²) in [6.45, 7) is 6.43. The summed E-state index contributed by atoms with van der Waals surface area (Å²) in [5, 5.41) is 0. The molecule has 1 heterocycles. The van der Waals surface area contributed by atoms with Crippen molar-refractivity contribution in [3.8, 4) is 0 Å². The molecule has 1 aliphatic heterocycles. The van der Waals surface area contributed by atoms with Crippen LogP contribution in [0.15, 0.2) is 30.3 Å². The summed E-state index contributed by atoms with van der Waals surface area (Å²) >= 11 is 0. The molecular formula is C17H28N2O. The van der Waals surface area contributed by atoms with E-state index in [-0.39, 0.29) is 6.04 Å². The van der Waals surface area contributed by atoms with Gasteiger partial charge in [-0.1, -0.05) is 30.3 Å². The molecule has 0 amide bonds. The summed E-state index contributed by atoms with van der Waals surface area (Å²) in [5.41, 5.74) is 7.49. The Kier molecular flexibility index (Phi) is 6.51. The van der Waals surface area contributed by atoms with Gasteiger partial charge in [-0.2, -0.15) is 0 Å². The van der Waals surface area contributed by atoms with Crippen molar-refractivity contribution in [3.63, 3.8) is 0 Å². The second-order valence-corrected chi connectivity index (χ2v) is 5.66. The average Bonchev–Trinajstić information content (AvgIpc) is 2.50. The van der Waals surface area contributed by atoms with Gasteiger partial charge in [0.25, 0.3) is 0 Å². The molecule has 1 unspecified atom stereocenters. The Morgan fingerprint density at radius 2 is 1.95 bits per heavy atom. The first kappa shape index (κ1) is 15.5. The van der Waals surface area contributed by atoms with E-state index in [4.69, 9.17) is 10.5 Å². The molecule has 2 N–H and O–H groups in total. The quantitative estimate of drug-likeness (QED) is 0.832. The molecule has 1 aromatic rings. The van der Waals surface area contributed by atoms with Crippen molar-refractivity contribution >= 4 is 0 Å². The van der Waals surface area contributed by atoms with Gasteiger partial charge in [-0.3, -0.25) is 0 Å². The number of piperidine rings is 1. The van der Waals surface area contributed by atoms with Gasteiger partial charge in [0.05, 0.1) is 6.10 Å². The minimum atomic E-state index is 0.178. The second-order valence-electron chi connectivity index (χ2n) is 5.66. The molecule has 1 saturated heterocycles. The van der Waals surface area contributed by atoms with Crippen molar-refractivity contribution in [3.05, 3.63) is 35.9 Å². The molecule has 0 aromatic heterocycles. The van der Waals surface area contributed by atoms with Gasteiger partial charge in [-0.15, -0.1) is 0 Å². The van der Waals surface area contributed by atoms with Gasteiger partial charge in [0.1, 0.15) is 0 Å². The number of hydrogen-bond donors (Lipinski definition) is 1. The van der Waals surface area contributed by atoms with Gasteiger partial charge < -0.3 is 15.4 Å². The lowest BCUT2D eigenvalue weighted by Crippen LogP contribution is -2.37. The Hall–Kier alpha value is -0.900. The normalized spacial score (nSPS) is 19.1. The first-order valence-electron chi connectivity index (χ1n) is 7.94. The van der Waals surface area contributed by atoms with E-state index in [0.717, 1.165) is 13.0 Å². The van der Waals surface area contributed by atoms with E-state index >= 15 is 0 Å². The average molecular weight is 276 g/mol. The van der Waals surface area contributed by atoms with Crippen molar-refractivity contribution in [2.75, 3.05) is 26.2 Å². The maximum absolute atomic E-state index is 6.23. The first-order valence-corrected chi connectivity index (χ1v) is 7.94. The second kappa shape index (κ2) is 8.40. The lowest BCUT2D eigenvalue weighted by Gasteiger charge is -2.31. The summed E-state index contributed by atoms with van der Waals surface area (Å²) in [6.07, 6.45) is 5.09. The van der Waals surface area contributed by atoms with Crippen LogP contribution in [0.1, 0.15) is 44.2 Å². The molecule has 1 aromatic carbocycles. The Bertz CT molecular complexity index is 361. The van der Waals surface area contributed by atoms with Crippen molar-refractivity contribution < 1.29 is 4.74 Å². The zero-order valence-corrected chi connectivity index (χ0v) is 12.6. The van der Waals surface area contributed by atoms with Crippen molar-refractivity contribution in [1.29, 1.82) is 0 Å². The molecule has 2 rings (SSSR count). The number of benzene rings is 1. The van der Waals surface area contributed by atoms with Crippen molar-refractivity contribution in [1.82, 2.24) is 4.90 Å². The Balaban J connectivity index is 1.62. The third-order valence-corrected chi connectivity index (χ3v) is 4.15. The van der Waals surface area contributed by atoms with Crippen molar-refractivity contribution in [2.24, 2.45) is 5.73 Å². The van der Waals surface area contributed by atoms with Gasteiger partial charge in [-0.25, -0.2) is 0 Å². The summed E-state index contributed by atoms with van der Waals surface area (Å²) in [5.74, 6) is 0. The van der Waals surface area contributed by atoms with Gasteiger partial charge in [0, 0.05) is 25.7 Å². The van der Waals surface area contributed by atoms with Crippen LogP contribution in [0.2, 0.25) is 0 Å². The zero-order chi connectivity index (χ0) is 14.2. The Labute approximate surface area is 123 Å². The lowest BCUT2D eigenvalue weighted by atomic mass is 10.0. The highest BCUT2D eigenvalue weighted by Gasteiger charge is 2.18. The standard InChI is InChI=1S/C17H28N2O/c1-2-20-16-10-13-19(14-11-16)12-6-9-17(18)15-7-4-3-5-8-15/h3-5,7-8,16-17H,2,6,9-14,18H2,1H3. The number of nitrogens with zero attached hydrogens (tertiary/aromatic N) is 1. The predicted molar refractivity (Wildman–Crippen MR) is 83.7 cm³/mol. The summed E-state index contributed by atoms with van der Waals surface area (Å²) < 4.78 is 5.68. The SMILES string of the molecule is CCOC1CCN(CCCC(N)c2ccccc2)CC1. The topological polar surface area (TPSA) is 38.5 Å². The van der Waals surface area contributed by atoms with Crippen LogP contribution in [-0.4, -0.2) is 37.2 Å². The smallest absolute Gasteiger partial charge is 0.0599 e. The third kappa shape index (κ3) is 4.89. The highest BCUT2D eigenvalue weighted by atomic mass is 16.5. The minimum absolute atomic E-state index is 0.178. The molecule has 0 bridgehead atoms. The number of ether oxygens (including phenoxy) is 1. The molecular weight excluding hydrogens is 248 g/mol. The lowest BCUT2D eigenvalue weighted by molar-refractivity contribution is 0.0139. The van der Waals surface area contributed by atoms with Crippen molar-refractivity contribution in [2.45, 2.75) is 44.8 Å². The first-order chi connectivity index (χ1) is 9.79. The third-order valence-electron chi connectivity index (χ3n) is 4.15. The molecule has 20 heavy (non-hydrogen) atoms. The number of rotatable bonds is 7. The molecule has 0 aliphatic carbocycles. The van der Waals surface area contributed by atoms with E-state index in [1.54, 1.807) is 0 Å². The fourth-order valence-corrected chi connectivity index (χ4v) is 2.94. The van der Waals surface area contributed by atoms with E-state index < -0.39 is 0 Å². The van der Waals surface area contributed by atoms with Gasteiger partial charge in [0.15, 0.2) is 0 Å². The largest absolute Gasteiger partial charge is 0.378 e. The minimum Gasteiger partial charge on any atom is -0.378 e. The maximum Gasteiger partial charge on any atom is 0.0599 e. The summed E-state index contributed by atoms with van der Waals surface area (Å²) in [6, 6.07) is 10.6. The van der Waals surface area contributed by atoms with E-state index in [1.165, 1.54) is 44.5 Å². The molecule has 1 atom stereocenters. The van der Waals surface area contributed by atoms with E-state index in [0.29, 0.717) is 6.10 Å². The zero-order valence-electron chi connectivity index (χ0n) is 12.6. The van der Waals surface area contributed by atoms with Gasteiger partial charge in [0.2, 0.25) is 0 Å². The van der Waals surface area contributed by atoms with Crippen LogP contribution in [0.5, 0.6) is 0 Å². The summed E-state index contributed by atoms with van der Waals surface area (Å²) in [4.78, 5) is 2.55. The Morgan fingerprint density at radius 3 is 2.60 bits per heavy atom. The molecule has 112 valence electrons. The fourth-order valence-electron chi connectivity index (χ4n) is 2.94. The molecule has 3 nitrogen and oxygen atoms in total. The molecule has 1 aliphatic rings. The summed E-state index contributed by atoms with van der Waals surface area (Å²) in [7, 11) is 0. The van der Waals surface area contributed by atoms with E-state index in [9.17, 15) is 0 Å². The molecule has 0 spiro atoms. The van der Waals surface area contributed by atoms with Crippen LogP contribution in [0.3, 0.4) is 0 Å². The monoisotopic (exact) mass is 276 g/mol. The van der Waals surface area contributed by atoms with Crippen LogP contribution >= 0.6 is 0 Å². The highest BCUT2D eigenvalue weighted by Crippen LogP contribution is 2.17. The molecule has 0 saturated carbocycles. The maximum atomic E-state index is 6.23. The Morgan fingerprint density at radius 1 is 1.25 bits per heavy atom. The van der Waals surface area contributed by atoms with Crippen LogP contribution in [0.4, 0.5) is 0 Å². The number of hydrogen-bond acceptors (Lipinski definition) is 3. The van der Waals surface area contributed by atoms with Gasteiger partial charge >= 0.3 is 0 Å². The molecule has 0 radical (unpaired) electrons.